The van der Waals surface area contributed by atoms with Crippen LogP contribution in [0.5, 0.6) is 0 Å². The van der Waals surface area contributed by atoms with Gasteiger partial charge in [-0.15, -0.1) is 0 Å². The highest BCUT2D eigenvalue weighted by molar-refractivity contribution is 6.09. The molecule has 6 nitrogen and oxygen atoms in total. The first-order valence-corrected chi connectivity index (χ1v) is 9.90. The number of carbonyl (C=O) groups excluding carboxylic acids is 2. The molecule has 30 heavy (non-hydrogen) atoms. The van der Waals surface area contributed by atoms with Gasteiger partial charge in [0.15, 0.2) is 0 Å². The summed E-state index contributed by atoms with van der Waals surface area (Å²) >= 11 is 0. The van der Waals surface area contributed by atoms with E-state index < -0.39 is 11.8 Å². The number of anilines is 2. The maximum absolute atomic E-state index is 14.1. The summed E-state index contributed by atoms with van der Waals surface area (Å²) in [7, 11) is 1.31. The van der Waals surface area contributed by atoms with Gasteiger partial charge >= 0.3 is 5.97 Å². The molecular weight excluding hydrogens is 385 g/mol. The van der Waals surface area contributed by atoms with Crippen LogP contribution < -0.4 is 5.32 Å². The minimum atomic E-state index is -0.508. The normalized spacial score (nSPS) is 13.9. The largest absolute Gasteiger partial charge is 0.465 e. The molecule has 1 aliphatic heterocycles. The maximum atomic E-state index is 14.1. The Bertz CT molecular complexity index is 1110. The van der Waals surface area contributed by atoms with Crippen molar-refractivity contribution in [3.8, 4) is 0 Å². The number of rotatable bonds is 4. The second-order valence-electron chi connectivity index (χ2n) is 7.22. The van der Waals surface area contributed by atoms with Gasteiger partial charge in [-0.05, 0) is 49.6 Å². The van der Waals surface area contributed by atoms with Gasteiger partial charge in [0.2, 0.25) is 0 Å². The van der Waals surface area contributed by atoms with E-state index in [0.29, 0.717) is 46.5 Å². The highest BCUT2D eigenvalue weighted by Crippen LogP contribution is 2.32. The van der Waals surface area contributed by atoms with E-state index in [9.17, 15) is 14.0 Å². The molecule has 2 aromatic carbocycles. The van der Waals surface area contributed by atoms with E-state index in [-0.39, 0.29) is 5.91 Å². The standard InChI is InChI=1S/C23H22FN3O3/c1-30-23(29)16-7-3-4-8-20(16)26-21-17-13-15(24)9-10-19(17)25-14-18(21)22(28)27-11-5-2-6-12-27/h3-4,7-10,13-14H,2,5-6,11-12H2,1H3,(H,25,26). The predicted octanol–water partition coefficient (Wildman–Crippen LogP) is 4.53. The van der Waals surface area contributed by atoms with Crippen molar-refractivity contribution in [2.45, 2.75) is 19.3 Å². The fourth-order valence-electron chi connectivity index (χ4n) is 3.74. The van der Waals surface area contributed by atoms with Gasteiger partial charge in [0.1, 0.15) is 5.82 Å². The van der Waals surface area contributed by atoms with Crippen LogP contribution in [0.4, 0.5) is 15.8 Å². The number of para-hydroxylation sites is 1. The first kappa shape index (κ1) is 19.8. The van der Waals surface area contributed by atoms with E-state index >= 15 is 0 Å². The summed E-state index contributed by atoms with van der Waals surface area (Å²) in [6.45, 7) is 1.36. The summed E-state index contributed by atoms with van der Waals surface area (Å²) < 4.78 is 18.9. The molecule has 0 spiro atoms. The fourth-order valence-corrected chi connectivity index (χ4v) is 3.74. The summed E-state index contributed by atoms with van der Waals surface area (Å²) in [6, 6.07) is 11.1. The molecule has 0 saturated carbocycles. The molecule has 0 aliphatic carbocycles. The van der Waals surface area contributed by atoms with E-state index in [1.807, 2.05) is 0 Å². The number of methoxy groups -OCH3 is 1. The molecule has 4 rings (SSSR count). The van der Waals surface area contributed by atoms with Crippen molar-refractivity contribution in [1.29, 1.82) is 0 Å². The molecule has 1 fully saturated rings. The molecule has 1 aromatic heterocycles. The lowest BCUT2D eigenvalue weighted by Crippen LogP contribution is -2.36. The first-order chi connectivity index (χ1) is 14.6. The number of nitrogens with zero attached hydrogens (tertiary/aromatic N) is 2. The minimum absolute atomic E-state index is 0.161. The van der Waals surface area contributed by atoms with Gasteiger partial charge in [-0.3, -0.25) is 9.78 Å². The van der Waals surface area contributed by atoms with Gasteiger partial charge in [0.05, 0.1) is 35.1 Å². The van der Waals surface area contributed by atoms with Gasteiger partial charge in [-0.25, -0.2) is 9.18 Å². The Morgan fingerprint density at radius 3 is 2.60 bits per heavy atom. The number of aromatic nitrogens is 1. The third kappa shape index (κ3) is 3.83. The summed E-state index contributed by atoms with van der Waals surface area (Å²) in [5.74, 6) is -1.10. The molecule has 3 aromatic rings. The predicted molar refractivity (Wildman–Crippen MR) is 113 cm³/mol. The summed E-state index contributed by atoms with van der Waals surface area (Å²) in [6.07, 6.45) is 4.52. The molecule has 1 aliphatic rings. The number of halogens is 1. The topological polar surface area (TPSA) is 71.5 Å². The van der Waals surface area contributed by atoms with Gasteiger partial charge in [0, 0.05) is 24.7 Å². The number of carbonyl (C=O) groups is 2. The van der Waals surface area contributed by atoms with Crippen molar-refractivity contribution >= 4 is 34.2 Å². The van der Waals surface area contributed by atoms with E-state index in [2.05, 4.69) is 10.3 Å². The average Bonchev–Trinajstić information content (AvgIpc) is 2.79. The Morgan fingerprint density at radius 1 is 1.07 bits per heavy atom. The summed E-state index contributed by atoms with van der Waals surface area (Å²) in [4.78, 5) is 31.6. The first-order valence-electron chi connectivity index (χ1n) is 9.90. The van der Waals surface area contributed by atoms with Gasteiger partial charge in [-0.2, -0.15) is 0 Å². The zero-order chi connectivity index (χ0) is 21.1. The molecular formula is C23H22FN3O3. The molecule has 0 unspecified atom stereocenters. The Morgan fingerprint density at radius 2 is 1.83 bits per heavy atom. The molecule has 154 valence electrons. The molecule has 0 atom stereocenters. The summed E-state index contributed by atoms with van der Waals surface area (Å²) in [5.41, 5.74) is 2.09. The van der Waals surface area contributed by atoms with Crippen LogP contribution in [-0.2, 0) is 4.74 Å². The van der Waals surface area contributed by atoms with Crippen molar-refractivity contribution in [1.82, 2.24) is 9.88 Å². The Labute approximate surface area is 173 Å². The van der Waals surface area contributed by atoms with Gasteiger partial charge in [0.25, 0.3) is 5.91 Å². The maximum Gasteiger partial charge on any atom is 0.339 e. The second-order valence-corrected chi connectivity index (χ2v) is 7.22. The van der Waals surface area contributed by atoms with Gasteiger partial charge < -0.3 is 15.0 Å². The number of hydrogen-bond donors (Lipinski definition) is 1. The number of ether oxygens (including phenoxy) is 1. The monoisotopic (exact) mass is 407 g/mol. The van der Waals surface area contributed by atoms with Crippen molar-refractivity contribution in [2.75, 3.05) is 25.5 Å². The number of fused-ring (bicyclic) bond motifs is 1. The number of piperidine rings is 1. The highest BCUT2D eigenvalue weighted by Gasteiger charge is 2.24. The second kappa shape index (κ2) is 8.49. The molecule has 2 heterocycles. The van der Waals surface area contributed by atoms with Crippen LogP contribution in [0.2, 0.25) is 0 Å². The van der Waals surface area contributed by atoms with Crippen LogP contribution in [0.1, 0.15) is 40.0 Å². The van der Waals surface area contributed by atoms with Crippen molar-refractivity contribution < 1.29 is 18.7 Å². The van der Waals surface area contributed by atoms with Gasteiger partial charge in [-0.1, -0.05) is 12.1 Å². The summed E-state index contributed by atoms with van der Waals surface area (Å²) in [5, 5.41) is 3.66. The van der Waals surface area contributed by atoms with E-state index in [0.717, 1.165) is 19.3 Å². The van der Waals surface area contributed by atoms with E-state index in [1.54, 1.807) is 35.2 Å². The van der Waals surface area contributed by atoms with E-state index in [1.165, 1.54) is 25.4 Å². The third-order valence-electron chi connectivity index (χ3n) is 5.30. The number of pyridine rings is 1. The number of hydrogen-bond acceptors (Lipinski definition) is 5. The van der Waals surface area contributed by atoms with Crippen LogP contribution in [-0.4, -0.2) is 42.0 Å². The quantitative estimate of drug-likeness (QED) is 0.644. The Balaban J connectivity index is 1.85. The number of esters is 1. The molecule has 1 amide bonds. The smallest absolute Gasteiger partial charge is 0.339 e. The molecule has 1 N–H and O–H groups in total. The van der Waals surface area contributed by atoms with Crippen molar-refractivity contribution in [3.05, 3.63) is 65.6 Å². The molecule has 0 bridgehead atoms. The van der Waals surface area contributed by atoms with Crippen LogP contribution in [0.3, 0.4) is 0 Å². The number of amides is 1. The number of nitrogens with one attached hydrogen (secondary N) is 1. The lowest BCUT2D eigenvalue weighted by molar-refractivity contribution is 0.0601. The number of likely N-dealkylation sites (tertiary alicyclic amines) is 1. The van der Waals surface area contributed by atoms with E-state index in [4.69, 9.17) is 4.74 Å². The van der Waals surface area contributed by atoms with Crippen LogP contribution in [0, 0.1) is 5.82 Å². The lowest BCUT2D eigenvalue weighted by Gasteiger charge is -2.28. The fraction of sp³-hybridized carbons (Fsp3) is 0.261. The highest BCUT2D eigenvalue weighted by atomic mass is 19.1. The SMILES string of the molecule is COC(=O)c1ccccc1Nc1c(C(=O)N2CCCCC2)cnc2ccc(F)cc12. The lowest BCUT2D eigenvalue weighted by atomic mass is 10.0. The van der Waals surface area contributed by atoms with Crippen molar-refractivity contribution in [3.63, 3.8) is 0 Å². The molecule has 7 heteroatoms. The Kier molecular flexibility index (Phi) is 5.61. The zero-order valence-corrected chi connectivity index (χ0v) is 16.7. The number of benzene rings is 2. The van der Waals surface area contributed by atoms with Crippen LogP contribution >= 0.6 is 0 Å². The zero-order valence-electron chi connectivity index (χ0n) is 16.7. The van der Waals surface area contributed by atoms with Crippen molar-refractivity contribution in [2.24, 2.45) is 0 Å². The molecule has 0 radical (unpaired) electrons. The Hall–Kier alpha value is -3.48. The minimum Gasteiger partial charge on any atom is -0.465 e. The van der Waals surface area contributed by atoms with Crippen LogP contribution in [0.25, 0.3) is 10.9 Å². The van der Waals surface area contributed by atoms with Crippen LogP contribution in [0.15, 0.2) is 48.7 Å². The molecule has 1 saturated heterocycles. The third-order valence-corrected chi connectivity index (χ3v) is 5.30. The average molecular weight is 407 g/mol.